The number of ketones is 1. The Hall–Kier alpha value is -1.32. The highest BCUT2D eigenvalue weighted by molar-refractivity contribution is 8.00. The van der Waals surface area contributed by atoms with E-state index in [1.54, 1.807) is 0 Å². The molecule has 26 heavy (non-hydrogen) atoms. The van der Waals surface area contributed by atoms with Crippen LogP contribution in [-0.2, 0) is 6.42 Å². The summed E-state index contributed by atoms with van der Waals surface area (Å²) in [4.78, 5) is 14.6. The van der Waals surface area contributed by atoms with Gasteiger partial charge in [-0.05, 0) is 36.1 Å². The van der Waals surface area contributed by atoms with Gasteiger partial charge < -0.3 is 0 Å². The summed E-state index contributed by atoms with van der Waals surface area (Å²) in [5.41, 5.74) is 2.19. The minimum atomic E-state index is -1.40. The molecule has 0 N–H and O–H groups in total. The topological polar surface area (TPSA) is 17.1 Å². The average molecular weight is 383 g/mol. The van der Waals surface area contributed by atoms with Gasteiger partial charge in [0, 0.05) is 21.6 Å². The van der Waals surface area contributed by atoms with Crippen molar-refractivity contribution in [2.45, 2.75) is 62.4 Å². The molecule has 0 saturated carbocycles. The molecule has 0 bridgehead atoms. The van der Waals surface area contributed by atoms with Crippen LogP contribution in [0.3, 0.4) is 0 Å². The third-order valence-electron chi connectivity index (χ3n) is 5.34. The summed E-state index contributed by atoms with van der Waals surface area (Å²) in [5, 5.41) is 1.90. The van der Waals surface area contributed by atoms with Crippen LogP contribution in [0.4, 0.5) is 0 Å². The Balaban J connectivity index is 1.89. The van der Waals surface area contributed by atoms with Crippen LogP contribution < -0.4 is 5.19 Å². The van der Waals surface area contributed by atoms with Crippen LogP contribution in [0, 0.1) is 5.92 Å². The first-order valence-corrected chi connectivity index (χ1v) is 14.2. The van der Waals surface area contributed by atoms with Gasteiger partial charge in [-0.3, -0.25) is 4.79 Å². The van der Waals surface area contributed by atoms with Gasteiger partial charge in [0.2, 0.25) is 0 Å². The summed E-state index contributed by atoms with van der Waals surface area (Å²) >= 11 is 1.97. The van der Waals surface area contributed by atoms with Crippen molar-refractivity contribution in [2.75, 3.05) is 0 Å². The molecule has 138 valence electrons. The predicted octanol–water partition coefficient (Wildman–Crippen LogP) is 5.94. The smallest absolute Gasteiger partial charge is 0.167 e. The zero-order chi connectivity index (χ0) is 18.7. The van der Waals surface area contributed by atoms with Crippen LogP contribution in [0.5, 0.6) is 0 Å². The molecule has 0 spiro atoms. The maximum absolute atomic E-state index is 13.2. The minimum absolute atomic E-state index is 0.143. The first-order valence-electron chi connectivity index (χ1n) is 9.80. The van der Waals surface area contributed by atoms with Crippen molar-refractivity contribution in [2.24, 2.45) is 5.92 Å². The van der Waals surface area contributed by atoms with E-state index in [1.807, 2.05) is 23.9 Å². The average Bonchev–Trinajstić information content (AvgIpc) is 2.62. The van der Waals surface area contributed by atoms with Crippen molar-refractivity contribution in [3.8, 4) is 0 Å². The Kier molecular flexibility index (Phi) is 6.09. The van der Waals surface area contributed by atoms with Crippen molar-refractivity contribution in [1.29, 1.82) is 0 Å². The standard InChI is InChI=1S/C23H30OSSi/c1-5-10-20(25-21-13-8-9-14-22(21)26(2,3)4)19-16-15-17-11-6-7-12-18(17)23(19)24/h6-9,11-14,19-20H,5,10,15-16H2,1-4H3/t19-,20+/m1/s1. The highest BCUT2D eigenvalue weighted by atomic mass is 32.2. The quantitative estimate of drug-likeness (QED) is 0.454. The van der Waals surface area contributed by atoms with Crippen LogP contribution in [0.25, 0.3) is 0 Å². The molecular formula is C23H30OSSi. The van der Waals surface area contributed by atoms with Crippen molar-refractivity contribution < 1.29 is 4.79 Å². The summed E-state index contributed by atoms with van der Waals surface area (Å²) in [6.07, 6.45) is 4.24. The fourth-order valence-electron chi connectivity index (χ4n) is 3.95. The molecule has 0 radical (unpaired) electrons. The molecule has 1 nitrogen and oxygen atoms in total. The number of benzene rings is 2. The monoisotopic (exact) mass is 382 g/mol. The van der Waals surface area contributed by atoms with Gasteiger partial charge in [-0.2, -0.15) is 0 Å². The lowest BCUT2D eigenvalue weighted by molar-refractivity contribution is 0.0897. The molecule has 0 aliphatic heterocycles. The van der Waals surface area contributed by atoms with Gasteiger partial charge >= 0.3 is 0 Å². The van der Waals surface area contributed by atoms with Crippen molar-refractivity contribution in [3.63, 3.8) is 0 Å². The summed E-state index contributed by atoms with van der Waals surface area (Å²) < 4.78 is 0. The van der Waals surface area contributed by atoms with E-state index in [4.69, 9.17) is 0 Å². The van der Waals surface area contributed by atoms with Gasteiger partial charge in [0.15, 0.2) is 5.78 Å². The lowest BCUT2D eigenvalue weighted by atomic mass is 9.80. The third-order valence-corrected chi connectivity index (χ3v) is 9.05. The fraction of sp³-hybridized carbons (Fsp3) is 0.435. The number of carbonyl (C=O) groups is 1. The fourth-order valence-corrected chi connectivity index (χ4v) is 7.92. The molecule has 0 amide bonds. The zero-order valence-corrected chi connectivity index (χ0v) is 18.2. The Bertz CT molecular complexity index is 778. The lowest BCUT2D eigenvalue weighted by Crippen LogP contribution is -2.39. The highest BCUT2D eigenvalue weighted by Crippen LogP contribution is 2.38. The first kappa shape index (κ1) is 19.4. The minimum Gasteiger partial charge on any atom is -0.294 e. The number of hydrogen-bond acceptors (Lipinski definition) is 2. The van der Waals surface area contributed by atoms with Gasteiger partial charge in [0.25, 0.3) is 0 Å². The summed E-state index contributed by atoms with van der Waals surface area (Å²) in [6.45, 7) is 9.45. The maximum atomic E-state index is 13.2. The molecule has 3 heteroatoms. The van der Waals surface area contributed by atoms with Gasteiger partial charge in [0.1, 0.15) is 0 Å². The largest absolute Gasteiger partial charge is 0.294 e. The number of fused-ring (bicyclic) bond motifs is 1. The van der Waals surface area contributed by atoms with E-state index >= 15 is 0 Å². The Morgan fingerprint density at radius 2 is 1.77 bits per heavy atom. The first-order chi connectivity index (χ1) is 12.4. The van der Waals surface area contributed by atoms with Gasteiger partial charge in [-0.1, -0.05) is 75.5 Å². The second-order valence-electron chi connectivity index (χ2n) is 8.36. The van der Waals surface area contributed by atoms with Crippen LogP contribution >= 0.6 is 11.8 Å². The van der Waals surface area contributed by atoms with Crippen molar-refractivity contribution in [1.82, 2.24) is 0 Å². The Labute approximate surface area is 163 Å². The zero-order valence-electron chi connectivity index (χ0n) is 16.4. The number of hydrogen-bond donors (Lipinski definition) is 0. The van der Waals surface area contributed by atoms with Crippen molar-refractivity contribution in [3.05, 3.63) is 59.7 Å². The summed E-state index contributed by atoms with van der Waals surface area (Å²) in [7, 11) is -1.40. The molecule has 1 aliphatic carbocycles. The summed E-state index contributed by atoms with van der Waals surface area (Å²) in [6, 6.07) is 17.1. The molecule has 0 fully saturated rings. The molecule has 2 aromatic carbocycles. The van der Waals surface area contributed by atoms with E-state index in [0.29, 0.717) is 11.0 Å². The van der Waals surface area contributed by atoms with Crippen LogP contribution in [0.2, 0.25) is 19.6 Å². The summed E-state index contributed by atoms with van der Waals surface area (Å²) in [5.74, 6) is 0.507. The SMILES string of the molecule is CCC[C@H](Sc1ccccc1[Si](C)(C)C)[C@H]1CCc2ccccc2C1=O. The molecule has 2 atom stereocenters. The molecular weight excluding hydrogens is 352 g/mol. The molecule has 0 aromatic heterocycles. The van der Waals surface area contributed by atoms with E-state index < -0.39 is 8.07 Å². The number of carbonyl (C=O) groups excluding carboxylic acids is 1. The van der Waals surface area contributed by atoms with E-state index in [2.05, 4.69) is 63.0 Å². The second kappa shape index (κ2) is 8.14. The van der Waals surface area contributed by atoms with Gasteiger partial charge in [-0.25, -0.2) is 0 Å². The van der Waals surface area contributed by atoms with Gasteiger partial charge in [0.05, 0.1) is 8.07 Å². The number of rotatable bonds is 6. The molecule has 0 unspecified atom stereocenters. The maximum Gasteiger partial charge on any atom is 0.167 e. The second-order valence-corrected chi connectivity index (χ2v) is 14.7. The third kappa shape index (κ3) is 4.15. The molecule has 2 aromatic rings. The Morgan fingerprint density at radius 1 is 1.08 bits per heavy atom. The van der Waals surface area contributed by atoms with Gasteiger partial charge in [-0.15, -0.1) is 11.8 Å². The van der Waals surface area contributed by atoms with E-state index in [-0.39, 0.29) is 5.92 Å². The predicted molar refractivity (Wildman–Crippen MR) is 117 cm³/mol. The van der Waals surface area contributed by atoms with Crippen molar-refractivity contribution >= 4 is 30.8 Å². The van der Waals surface area contributed by atoms with E-state index in [0.717, 1.165) is 31.2 Å². The molecule has 0 saturated heterocycles. The number of aryl methyl sites for hydroxylation is 1. The van der Waals surface area contributed by atoms with E-state index in [9.17, 15) is 4.79 Å². The number of thioether (sulfide) groups is 1. The highest BCUT2D eigenvalue weighted by Gasteiger charge is 2.34. The lowest BCUT2D eigenvalue weighted by Gasteiger charge is -2.31. The molecule has 0 heterocycles. The normalized spacial score (nSPS) is 18.5. The van der Waals surface area contributed by atoms with Crippen LogP contribution in [-0.4, -0.2) is 19.1 Å². The van der Waals surface area contributed by atoms with Crippen LogP contribution in [0.15, 0.2) is 53.4 Å². The molecule has 3 rings (SSSR count). The van der Waals surface area contributed by atoms with E-state index in [1.165, 1.54) is 15.6 Å². The Morgan fingerprint density at radius 3 is 2.50 bits per heavy atom. The number of Topliss-reactive ketones (excluding diaryl/α,β-unsaturated/α-hetero) is 1. The van der Waals surface area contributed by atoms with Crippen LogP contribution in [0.1, 0.15) is 42.1 Å². The molecule has 1 aliphatic rings.